The van der Waals surface area contributed by atoms with Gasteiger partial charge in [0.1, 0.15) is 0 Å². The molecule has 0 N–H and O–H groups in total. The maximum absolute atomic E-state index is 12.2. The Morgan fingerprint density at radius 1 is 1.47 bits per heavy atom. The third kappa shape index (κ3) is 4.66. The Balaban J connectivity index is 2.44. The minimum absolute atomic E-state index is 0.108. The third-order valence-corrected chi connectivity index (χ3v) is 3.42. The molecule has 0 aromatic rings. The minimum atomic E-state index is 0.108. The second kappa shape index (κ2) is 5.85. The van der Waals surface area contributed by atoms with E-state index in [1.807, 2.05) is 4.90 Å². The first-order valence-electron chi connectivity index (χ1n) is 6.64. The molecule has 0 bridgehead atoms. The molecule has 1 saturated heterocycles. The SMILES string of the molecule is COC1CCN(C(=O)CC(C)(C)CC(C)C)C1. The zero-order chi connectivity index (χ0) is 13.1. The molecule has 0 spiro atoms. The number of ether oxygens (including phenoxy) is 1. The molecule has 1 amide bonds. The molecule has 0 aromatic heterocycles. The molecule has 1 aliphatic rings. The predicted molar refractivity (Wildman–Crippen MR) is 69.8 cm³/mol. The van der Waals surface area contributed by atoms with Crippen molar-refractivity contribution in [1.29, 1.82) is 0 Å². The quantitative estimate of drug-likeness (QED) is 0.740. The smallest absolute Gasteiger partial charge is 0.223 e. The Morgan fingerprint density at radius 3 is 2.59 bits per heavy atom. The van der Waals surface area contributed by atoms with Crippen LogP contribution >= 0.6 is 0 Å². The van der Waals surface area contributed by atoms with Crippen molar-refractivity contribution >= 4 is 5.91 Å². The summed E-state index contributed by atoms with van der Waals surface area (Å²) in [7, 11) is 1.72. The van der Waals surface area contributed by atoms with Gasteiger partial charge in [0, 0.05) is 26.6 Å². The topological polar surface area (TPSA) is 29.5 Å². The van der Waals surface area contributed by atoms with Gasteiger partial charge in [-0.15, -0.1) is 0 Å². The van der Waals surface area contributed by atoms with Gasteiger partial charge in [-0.3, -0.25) is 4.79 Å². The minimum Gasteiger partial charge on any atom is -0.380 e. The van der Waals surface area contributed by atoms with E-state index in [4.69, 9.17) is 4.74 Å². The Kier molecular flexibility index (Phi) is 4.99. The van der Waals surface area contributed by atoms with Crippen LogP contribution in [0.1, 0.15) is 47.0 Å². The first kappa shape index (κ1) is 14.5. The fourth-order valence-electron chi connectivity index (χ4n) is 2.85. The van der Waals surface area contributed by atoms with Crippen LogP contribution in [0, 0.1) is 11.3 Å². The van der Waals surface area contributed by atoms with Crippen molar-refractivity contribution in [3.8, 4) is 0 Å². The average molecular weight is 241 g/mol. The van der Waals surface area contributed by atoms with E-state index in [2.05, 4.69) is 27.7 Å². The van der Waals surface area contributed by atoms with Crippen LogP contribution in [0.15, 0.2) is 0 Å². The molecule has 3 heteroatoms. The highest BCUT2D eigenvalue weighted by atomic mass is 16.5. The molecule has 1 heterocycles. The average Bonchev–Trinajstić information content (AvgIpc) is 2.62. The van der Waals surface area contributed by atoms with E-state index in [1.165, 1.54) is 0 Å². The van der Waals surface area contributed by atoms with Crippen molar-refractivity contribution in [2.24, 2.45) is 11.3 Å². The molecular weight excluding hydrogens is 214 g/mol. The van der Waals surface area contributed by atoms with Crippen molar-refractivity contribution in [3.63, 3.8) is 0 Å². The van der Waals surface area contributed by atoms with Gasteiger partial charge in [0.2, 0.25) is 5.91 Å². The van der Waals surface area contributed by atoms with Crippen molar-refractivity contribution < 1.29 is 9.53 Å². The van der Waals surface area contributed by atoms with E-state index in [9.17, 15) is 4.79 Å². The number of hydrogen-bond acceptors (Lipinski definition) is 2. The zero-order valence-corrected chi connectivity index (χ0v) is 12.0. The number of hydrogen-bond donors (Lipinski definition) is 0. The summed E-state index contributed by atoms with van der Waals surface area (Å²) >= 11 is 0. The van der Waals surface area contributed by atoms with E-state index in [-0.39, 0.29) is 17.4 Å². The molecule has 100 valence electrons. The van der Waals surface area contributed by atoms with Crippen LogP contribution in [0.4, 0.5) is 0 Å². The number of carbonyl (C=O) groups excluding carboxylic acids is 1. The van der Waals surface area contributed by atoms with E-state index >= 15 is 0 Å². The van der Waals surface area contributed by atoms with Crippen LogP contribution in [0.3, 0.4) is 0 Å². The summed E-state index contributed by atoms with van der Waals surface area (Å²) in [5, 5.41) is 0. The highest BCUT2D eigenvalue weighted by molar-refractivity contribution is 5.77. The van der Waals surface area contributed by atoms with E-state index in [1.54, 1.807) is 7.11 Å². The monoisotopic (exact) mass is 241 g/mol. The van der Waals surface area contributed by atoms with Crippen LogP contribution in [0.5, 0.6) is 0 Å². The molecule has 3 nitrogen and oxygen atoms in total. The van der Waals surface area contributed by atoms with E-state index in [0.717, 1.165) is 25.9 Å². The van der Waals surface area contributed by atoms with Crippen molar-refractivity contribution in [1.82, 2.24) is 4.90 Å². The van der Waals surface area contributed by atoms with Gasteiger partial charge in [-0.1, -0.05) is 27.7 Å². The van der Waals surface area contributed by atoms with Crippen molar-refractivity contribution in [2.45, 2.75) is 53.1 Å². The normalized spacial score (nSPS) is 21.3. The highest BCUT2D eigenvalue weighted by Gasteiger charge is 2.30. The Labute approximate surface area is 106 Å². The maximum Gasteiger partial charge on any atom is 0.223 e. The number of rotatable bonds is 5. The van der Waals surface area contributed by atoms with Crippen molar-refractivity contribution in [2.75, 3.05) is 20.2 Å². The number of nitrogens with zero attached hydrogens (tertiary/aromatic N) is 1. The fourth-order valence-corrected chi connectivity index (χ4v) is 2.85. The number of amides is 1. The summed E-state index contributed by atoms with van der Waals surface area (Å²) in [5.74, 6) is 0.929. The molecule has 0 radical (unpaired) electrons. The Morgan fingerprint density at radius 2 is 2.12 bits per heavy atom. The summed E-state index contributed by atoms with van der Waals surface area (Å²) in [6, 6.07) is 0. The molecule has 17 heavy (non-hydrogen) atoms. The fraction of sp³-hybridized carbons (Fsp3) is 0.929. The van der Waals surface area contributed by atoms with Crippen LogP contribution in [-0.2, 0) is 9.53 Å². The molecule has 1 fully saturated rings. The lowest BCUT2D eigenvalue weighted by atomic mass is 9.81. The van der Waals surface area contributed by atoms with Crippen molar-refractivity contribution in [3.05, 3.63) is 0 Å². The maximum atomic E-state index is 12.2. The molecule has 1 rings (SSSR count). The van der Waals surface area contributed by atoms with Gasteiger partial charge >= 0.3 is 0 Å². The predicted octanol–water partition coefficient (Wildman–Crippen LogP) is 2.70. The van der Waals surface area contributed by atoms with Crippen LogP contribution in [-0.4, -0.2) is 37.1 Å². The molecule has 1 atom stereocenters. The summed E-state index contributed by atoms with van der Waals surface area (Å²) in [4.78, 5) is 14.1. The van der Waals surface area contributed by atoms with Crippen LogP contribution in [0.2, 0.25) is 0 Å². The Bertz CT molecular complexity index is 261. The molecule has 0 aliphatic carbocycles. The second-order valence-electron chi connectivity index (χ2n) is 6.43. The van der Waals surface area contributed by atoms with Gasteiger partial charge in [0.05, 0.1) is 6.10 Å². The lowest BCUT2D eigenvalue weighted by Crippen LogP contribution is -2.33. The van der Waals surface area contributed by atoms with Gasteiger partial charge < -0.3 is 9.64 Å². The van der Waals surface area contributed by atoms with Gasteiger partial charge in [0.15, 0.2) is 0 Å². The number of carbonyl (C=O) groups is 1. The van der Waals surface area contributed by atoms with Gasteiger partial charge in [-0.05, 0) is 24.2 Å². The van der Waals surface area contributed by atoms with Gasteiger partial charge in [-0.25, -0.2) is 0 Å². The molecule has 1 unspecified atom stereocenters. The number of likely N-dealkylation sites (tertiary alicyclic amines) is 1. The van der Waals surface area contributed by atoms with Crippen LogP contribution < -0.4 is 0 Å². The van der Waals surface area contributed by atoms with Crippen LogP contribution in [0.25, 0.3) is 0 Å². The summed E-state index contributed by atoms with van der Waals surface area (Å²) in [6.07, 6.45) is 2.97. The molecular formula is C14H27NO2. The molecule has 1 aliphatic heterocycles. The first-order valence-corrected chi connectivity index (χ1v) is 6.64. The van der Waals surface area contributed by atoms with E-state index < -0.39 is 0 Å². The molecule has 0 aromatic carbocycles. The largest absolute Gasteiger partial charge is 0.380 e. The highest BCUT2D eigenvalue weighted by Crippen LogP contribution is 2.30. The van der Waals surface area contributed by atoms with Gasteiger partial charge in [-0.2, -0.15) is 0 Å². The summed E-state index contributed by atoms with van der Waals surface area (Å²) in [5.41, 5.74) is 0.108. The lowest BCUT2D eigenvalue weighted by Gasteiger charge is -2.28. The third-order valence-electron chi connectivity index (χ3n) is 3.42. The zero-order valence-electron chi connectivity index (χ0n) is 12.0. The van der Waals surface area contributed by atoms with E-state index in [0.29, 0.717) is 12.3 Å². The Hall–Kier alpha value is -0.570. The summed E-state index contributed by atoms with van der Waals surface area (Å²) in [6.45, 7) is 10.4. The standard InChI is InChI=1S/C14H27NO2/c1-11(2)8-14(3,4)9-13(16)15-7-6-12(10-15)17-5/h11-12H,6-10H2,1-5H3. The lowest BCUT2D eigenvalue weighted by molar-refractivity contribution is -0.132. The number of methoxy groups -OCH3 is 1. The van der Waals surface area contributed by atoms with Gasteiger partial charge in [0.25, 0.3) is 0 Å². The summed E-state index contributed by atoms with van der Waals surface area (Å²) < 4.78 is 5.29. The first-order chi connectivity index (χ1) is 7.84. The molecule has 0 saturated carbocycles. The second-order valence-corrected chi connectivity index (χ2v) is 6.43.